The monoisotopic (exact) mass is 297 g/mol. The van der Waals surface area contributed by atoms with E-state index >= 15 is 0 Å². The highest BCUT2D eigenvalue weighted by atomic mass is 35.5. The van der Waals surface area contributed by atoms with Crippen LogP contribution in [-0.4, -0.2) is 17.9 Å². The third kappa shape index (κ3) is 2.85. The third-order valence-corrected chi connectivity index (χ3v) is 2.82. The van der Waals surface area contributed by atoms with E-state index in [0.29, 0.717) is 5.82 Å². The lowest BCUT2D eigenvalue weighted by molar-refractivity contribution is 0.102. The molecule has 2 rings (SSSR count). The summed E-state index contributed by atoms with van der Waals surface area (Å²) in [5.41, 5.74) is -0.357. The molecular weight excluding hydrogens is 288 g/mol. The van der Waals surface area contributed by atoms with Gasteiger partial charge in [0.2, 0.25) is 0 Å². The van der Waals surface area contributed by atoms with Crippen molar-refractivity contribution in [3.05, 3.63) is 52.7 Å². The van der Waals surface area contributed by atoms with Crippen LogP contribution in [0.4, 0.5) is 20.3 Å². The Bertz CT molecular complexity index is 664. The van der Waals surface area contributed by atoms with Crippen molar-refractivity contribution in [3.63, 3.8) is 0 Å². The molecule has 1 aromatic carbocycles. The van der Waals surface area contributed by atoms with Gasteiger partial charge in [-0.05, 0) is 24.3 Å². The van der Waals surface area contributed by atoms with Crippen molar-refractivity contribution in [1.29, 1.82) is 0 Å². The van der Waals surface area contributed by atoms with Crippen LogP contribution in [0.3, 0.4) is 0 Å². The summed E-state index contributed by atoms with van der Waals surface area (Å²) in [7, 11) is 1.63. The van der Waals surface area contributed by atoms with Crippen molar-refractivity contribution in [2.75, 3.05) is 17.7 Å². The second-order valence-corrected chi connectivity index (χ2v) is 4.24. The molecule has 2 N–H and O–H groups in total. The topological polar surface area (TPSA) is 54.0 Å². The van der Waals surface area contributed by atoms with E-state index in [0.717, 1.165) is 6.07 Å². The van der Waals surface area contributed by atoms with Crippen LogP contribution < -0.4 is 10.6 Å². The molecule has 0 atom stereocenters. The summed E-state index contributed by atoms with van der Waals surface area (Å²) in [6.45, 7) is 0. The van der Waals surface area contributed by atoms with Gasteiger partial charge in [0.05, 0.1) is 10.7 Å². The minimum atomic E-state index is -1.14. The fraction of sp³-hybridized carbons (Fsp3) is 0.0769. The van der Waals surface area contributed by atoms with E-state index in [1.54, 1.807) is 13.1 Å². The number of halogens is 3. The molecule has 0 aliphatic carbocycles. The Hall–Kier alpha value is -2.21. The standard InChI is InChI=1S/C13H10ClF2N3O/c1-17-10-6-5-7(14)12(19-10)13(20)18-9-4-2-3-8(15)11(9)16/h2-6H,1H3,(H,17,19)(H,18,20). The van der Waals surface area contributed by atoms with Crippen molar-refractivity contribution in [3.8, 4) is 0 Å². The first-order valence-electron chi connectivity index (χ1n) is 5.62. The van der Waals surface area contributed by atoms with E-state index in [1.807, 2.05) is 0 Å². The maximum atomic E-state index is 13.5. The molecule has 1 amide bonds. The molecule has 0 spiro atoms. The summed E-state index contributed by atoms with van der Waals surface area (Å²) in [6.07, 6.45) is 0. The number of rotatable bonds is 3. The molecule has 104 valence electrons. The number of pyridine rings is 1. The molecule has 0 bridgehead atoms. The summed E-state index contributed by atoms with van der Waals surface area (Å²) in [4.78, 5) is 16.0. The quantitative estimate of drug-likeness (QED) is 0.914. The maximum absolute atomic E-state index is 13.5. The molecule has 1 heterocycles. The zero-order chi connectivity index (χ0) is 14.7. The number of carbonyl (C=O) groups excluding carboxylic acids is 1. The van der Waals surface area contributed by atoms with Gasteiger partial charge in [-0.1, -0.05) is 17.7 Å². The summed E-state index contributed by atoms with van der Waals surface area (Å²) in [6, 6.07) is 6.55. The van der Waals surface area contributed by atoms with Gasteiger partial charge in [0.15, 0.2) is 11.6 Å². The molecule has 0 unspecified atom stereocenters. The minimum absolute atomic E-state index is 0.0813. The van der Waals surface area contributed by atoms with E-state index in [4.69, 9.17) is 11.6 Å². The smallest absolute Gasteiger partial charge is 0.275 e. The average Bonchev–Trinajstić information content (AvgIpc) is 2.44. The second kappa shape index (κ2) is 5.83. The van der Waals surface area contributed by atoms with Crippen molar-refractivity contribution in [2.45, 2.75) is 0 Å². The molecule has 20 heavy (non-hydrogen) atoms. The Morgan fingerprint density at radius 3 is 2.70 bits per heavy atom. The van der Waals surface area contributed by atoms with Crippen LogP contribution in [0.2, 0.25) is 5.02 Å². The first kappa shape index (κ1) is 14.2. The van der Waals surface area contributed by atoms with Gasteiger partial charge in [-0.25, -0.2) is 13.8 Å². The second-order valence-electron chi connectivity index (χ2n) is 3.83. The van der Waals surface area contributed by atoms with Gasteiger partial charge in [-0.15, -0.1) is 0 Å². The molecule has 2 aromatic rings. The zero-order valence-corrected chi connectivity index (χ0v) is 11.1. The molecule has 0 aliphatic rings. The van der Waals surface area contributed by atoms with E-state index in [2.05, 4.69) is 15.6 Å². The van der Waals surface area contributed by atoms with Crippen molar-refractivity contribution < 1.29 is 13.6 Å². The highest BCUT2D eigenvalue weighted by Gasteiger charge is 2.16. The van der Waals surface area contributed by atoms with Crippen LogP contribution in [-0.2, 0) is 0 Å². The molecule has 4 nitrogen and oxygen atoms in total. The molecule has 0 fully saturated rings. The van der Waals surface area contributed by atoms with Gasteiger partial charge in [0, 0.05) is 7.05 Å². The summed E-state index contributed by atoms with van der Waals surface area (Å²) < 4.78 is 26.5. The van der Waals surface area contributed by atoms with Crippen LogP contribution in [0.5, 0.6) is 0 Å². The Kier molecular flexibility index (Phi) is 4.14. The van der Waals surface area contributed by atoms with Gasteiger partial charge in [-0.3, -0.25) is 4.79 Å². The molecule has 0 saturated carbocycles. The number of nitrogens with zero attached hydrogens (tertiary/aromatic N) is 1. The summed E-state index contributed by atoms with van der Waals surface area (Å²) in [5.74, 6) is -2.48. The fourth-order valence-electron chi connectivity index (χ4n) is 1.52. The van der Waals surface area contributed by atoms with E-state index in [9.17, 15) is 13.6 Å². The lowest BCUT2D eigenvalue weighted by Crippen LogP contribution is -2.16. The minimum Gasteiger partial charge on any atom is -0.373 e. The number of anilines is 2. The number of carbonyl (C=O) groups is 1. The largest absolute Gasteiger partial charge is 0.373 e. The van der Waals surface area contributed by atoms with E-state index < -0.39 is 17.5 Å². The molecular formula is C13H10ClF2N3O. The molecule has 0 radical (unpaired) electrons. The summed E-state index contributed by atoms with van der Waals surface area (Å²) in [5, 5.41) is 5.09. The highest BCUT2D eigenvalue weighted by Crippen LogP contribution is 2.20. The SMILES string of the molecule is CNc1ccc(Cl)c(C(=O)Nc2cccc(F)c2F)n1. The number of aromatic nitrogens is 1. The average molecular weight is 298 g/mol. The molecule has 0 aliphatic heterocycles. The Labute approximate surface area is 118 Å². The third-order valence-electron chi connectivity index (χ3n) is 2.52. The van der Waals surface area contributed by atoms with Crippen LogP contribution in [0, 0.1) is 11.6 Å². The van der Waals surface area contributed by atoms with Crippen molar-refractivity contribution >= 4 is 29.0 Å². The molecule has 0 saturated heterocycles. The van der Waals surface area contributed by atoms with Gasteiger partial charge in [0.1, 0.15) is 11.5 Å². The Morgan fingerprint density at radius 2 is 2.00 bits per heavy atom. The predicted octanol–water partition coefficient (Wildman–Crippen LogP) is 3.31. The molecule has 1 aromatic heterocycles. The summed E-state index contributed by atoms with van der Waals surface area (Å²) >= 11 is 5.87. The van der Waals surface area contributed by atoms with E-state index in [-0.39, 0.29) is 16.4 Å². The zero-order valence-electron chi connectivity index (χ0n) is 10.4. The van der Waals surface area contributed by atoms with Crippen molar-refractivity contribution in [1.82, 2.24) is 4.98 Å². The first-order valence-corrected chi connectivity index (χ1v) is 6.00. The van der Waals surface area contributed by atoms with Crippen LogP contribution in [0.25, 0.3) is 0 Å². The maximum Gasteiger partial charge on any atom is 0.275 e. The van der Waals surface area contributed by atoms with Crippen molar-refractivity contribution in [2.24, 2.45) is 0 Å². The number of amides is 1. The number of benzene rings is 1. The first-order chi connectivity index (χ1) is 9.52. The Morgan fingerprint density at radius 1 is 1.25 bits per heavy atom. The van der Waals surface area contributed by atoms with Crippen LogP contribution >= 0.6 is 11.6 Å². The highest BCUT2D eigenvalue weighted by molar-refractivity contribution is 6.34. The van der Waals surface area contributed by atoms with Gasteiger partial charge < -0.3 is 10.6 Å². The van der Waals surface area contributed by atoms with Crippen LogP contribution in [0.1, 0.15) is 10.5 Å². The lowest BCUT2D eigenvalue weighted by atomic mass is 10.2. The number of hydrogen-bond acceptors (Lipinski definition) is 3. The Balaban J connectivity index is 2.30. The lowest BCUT2D eigenvalue weighted by Gasteiger charge is -2.08. The van der Waals surface area contributed by atoms with Gasteiger partial charge >= 0.3 is 0 Å². The van der Waals surface area contributed by atoms with Crippen LogP contribution in [0.15, 0.2) is 30.3 Å². The van der Waals surface area contributed by atoms with Gasteiger partial charge in [-0.2, -0.15) is 0 Å². The number of nitrogens with one attached hydrogen (secondary N) is 2. The fourth-order valence-corrected chi connectivity index (χ4v) is 1.71. The normalized spacial score (nSPS) is 10.2. The molecule has 7 heteroatoms. The van der Waals surface area contributed by atoms with E-state index in [1.165, 1.54) is 18.2 Å². The van der Waals surface area contributed by atoms with Gasteiger partial charge in [0.25, 0.3) is 5.91 Å². The number of hydrogen-bond donors (Lipinski definition) is 2. The predicted molar refractivity (Wildman–Crippen MR) is 73.1 cm³/mol.